The van der Waals surface area contributed by atoms with Crippen LogP contribution < -0.4 is 5.63 Å². The third kappa shape index (κ3) is 1.53. The van der Waals surface area contributed by atoms with Crippen LogP contribution in [0, 0.1) is 0 Å². The maximum Gasteiger partial charge on any atom is 0.345 e. The Balaban J connectivity index is 2.33. The van der Waals surface area contributed by atoms with Crippen molar-refractivity contribution >= 4 is 17.3 Å². The minimum Gasteiger partial charge on any atom is -0.422 e. The van der Waals surface area contributed by atoms with Gasteiger partial charge >= 0.3 is 5.63 Å². The predicted octanol–water partition coefficient (Wildman–Crippen LogP) is 2.00. The molecule has 88 valence electrons. The molecule has 0 saturated heterocycles. The topological polar surface area (TPSA) is 76.0 Å². The molecule has 2 aromatic heterocycles. The summed E-state index contributed by atoms with van der Waals surface area (Å²) in [5, 5.41) is 7.18. The average molecular weight is 240 g/mol. The number of carbonyl (C=O) groups is 1. The minimum atomic E-state index is -0.499. The average Bonchev–Trinajstić information content (AvgIpc) is 2.86. The zero-order chi connectivity index (χ0) is 12.5. The molecule has 2 heterocycles. The largest absolute Gasteiger partial charge is 0.422 e. The van der Waals surface area contributed by atoms with Crippen molar-refractivity contribution < 1.29 is 9.21 Å². The summed E-state index contributed by atoms with van der Waals surface area (Å²) < 4.78 is 5.20. The van der Waals surface area contributed by atoms with Crippen LogP contribution in [0.15, 0.2) is 45.7 Å². The monoisotopic (exact) mass is 240 g/mol. The molecule has 0 aliphatic carbocycles. The number of aromatic amines is 1. The second-order valence-corrected chi connectivity index (χ2v) is 3.80. The number of nitrogens with zero attached hydrogens (tertiary/aromatic N) is 1. The zero-order valence-corrected chi connectivity index (χ0v) is 9.21. The third-order valence-electron chi connectivity index (χ3n) is 2.71. The van der Waals surface area contributed by atoms with Crippen LogP contribution in [0.1, 0.15) is 10.4 Å². The molecule has 1 N–H and O–H groups in total. The summed E-state index contributed by atoms with van der Waals surface area (Å²) in [7, 11) is 0. The summed E-state index contributed by atoms with van der Waals surface area (Å²) in [6.07, 6.45) is 2.02. The van der Waals surface area contributed by atoms with Gasteiger partial charge in [0.15, 0.2) is 6.29 Å². The van der Waals surface area contributed by atoms with Gasteiger partial charge in [-0.25, -0.2) is 4.79 Å². The zero-order valence-electron chi connectivity index (χ0n) is 9.21. The van der Waals surface area contributed by atoms with Crippen molar-refractivity contribution in [3.05, 3.63) is 52.5 Å². The van der Waals surface area contributed by atoms with E-state index in [2.05, 4.69) is 10.2 Å². The van der Waals surface area contributed by atoms with Gasteiger partial charge in [-0.2, -0.15) is 5.10 Å². The Bertz CT molecular complexity index is 786. The summed E-state index contributed by atoms with van der Waals surface area (Å²) in [6.45, 7) is 0. The van der Waals surface area contributed by atoms with Gasteiger partial charge in [0.05, 0.1) is 23.0 Å². The van der Waals surface area contributed by atoms with E-state index in [1.54, 1.807) is 18.2 Å². The van der Waals surface area contributed by atoms with E-state index in [0.29, 0.717) is 28.7 Å². The van der Waals surface area contributed by atoms with Crippen LogP contribution >= 0.6 is 0 Å². The number of carbonyl (C=O) groups excluding carboxylic acids is 1. The molecule has 1 aromatic carbocycles. The molecule has 0 spiro atoms. The van der Waals surface area contributed by atoms with Crippen LogP contribution in [-0.4, -0.2) is 16.5 Å². The van der Waals surface area contributed by atoms with E-state index in [1.165, 1.54) is 6.20 Å². The van der Waals surface area contributed by atoms with E-state index in [1.807, 2.05) is 12.1 Å². The molecule has 5 nitrogen and oxygen atoms in total. The summed E-state index contributed by atoms with van der Waals surface area (Å²) in [4.78, 5) is 22.7. The molecule has 5 heteroatoms. The van der Waals surface area contributed by atoms with Crippen molar-refractivity contribution in [2.75, 3.05) is 0 Å². The van der Waals surface area contributed by atoms with Gasteiger partial charge in [0, 0.05) is 5.39 Å². The lowest BCUT2D eigenvalue weighted by molar-refractivity contribution is 0.112. The number of hydrogen-bond acceptors (Lipinski definition) is 4. The smallest absolute Gasteiger partial charge is 0.345 e. The predicted molar refractivity (Wildman–Crippen MR) is 65.5 cm³/mol. The van der Waals surface area contributed by atoms with E-state index < -0.39 is 5.63 Å². The molecular weight excluding hydrogens is 232 g/mol. The maximum absolute atomic E-state index is 11.9. The fraction of sp³-hybridized carbons (Fsp3) is 0. The van der Waals surface area contributed by atoms with Crippen LogP contribution in [0.5, 0.6) is 0 Å². The highest BCUT2D eigenvalue weighted by Crippen LogP contribution is 2.21. The summed E-state index contributed by atoms with van der Waals surface area (Å²) >= 11 is 0. The molecule has 0 fully saturated rings. The Morgan fingerprint density at radius 1 is 1.28 bits per heavy atom. The highest BCUT2D eigenvalue weighted by Gasteiger charge is 2.13. The quantitative estimate of drug-likeness (QED) is 0.549. The number of benzene rings is 1. The first-order chi connectivity index (χ1) is 8.79. The highest BCUT2D eigenvalue weighted by molar-refractivity contribution is 5.88. The lowest BCUT2D eigenvalue weighted by atomic mass is 10.1. The number of aromatic nitrogens is 2. The SMILES string of the molecule is O=Cc1cn[nH]c1-c1cc2ccccc2oc1=O. The fourth-order valence-electron chi connectivity index (χ4n) is 1.84. The second kappa shape index (κ2) is 3.96. The van der Waals surface area contributed by atoms with Crippen LogP contribution in [0.2, 0.25) is 0 Å². The molecular formula is C13H8N2O3. The summed E-state index contributed by atoms with van der Waals surface area (Å²) in [5.74, 6) is 0. The van der Waals surface area contributed by atoms with Gasteiger partial charge < -0.3 is 4.42 Å². The molecule has 18 heavy (non-hydrogen) atoms. The molecule has 3 rings (SSSR count). The number of rotatable bonds is 2. The summed E-state index contributed by atoms with van der Waals surface area (Å²) in [5.41, 5.74) is 1.02. The number of para-hydroxylation sites is 1. The normalized spacial score (nSPS) is 10.7. The van der Waals surface area contributed by atoms with Gasteiger partial charge in [-0.1, -0.05) is 18.2 Å². The molecule has 0 aliphatic heterocycles. The van der Waals surface area contributed by atoms with Crippen molar-refractivity contribution in [2.45, 2.75) is 0 Å². The molecule has 0 unspecified atom stereocenters. The number of aldehydes is 1. The molecule has 3 aromatic rings. The van der Waals surface area contributed by atoms with Crippen molar-refractivity contribution in [2.24, 2.45) is 0 Å². The molecule has 0 atom stereocenters. The Morgan fingerprint density at radius 3 is 2.94 bits per heavy atom. The van der Waals surface area contributed by atoms with Crippen molar-refractivity contribution in [3.8, 4) is 11.3 Å². The Labute approximate surface area is 101 Å². The Morgan fingerprint density at radius 2 is 2.11 bits per heavy atom. The minimum absolute atomic E-state index is 0.299. The highest BCUT2D eigenvalue weighted by atomic mass is 16.4. The van der Waals surface area contributed by atoms with E-state index in [-0.39, 0.29) is 0 Å². The summed E-state index contributed by atoms with van der Waals surface area (Å²) in [6, 6.07) is 8.87. The van der Waals surface area contributed by atoms with Gasteiger partial charge in [0.2, 0.25) is 0 Å². The van der Waals surface area contributed by atoms with E-state index >= 15 is 0 Å². The standard InChI is InChI=1S/C13H8N2O3/c16-7-9-6-14-15-12(9)10-5-8-3-1-2-4-11(8)18-13(10)17/h1-7H,(H,14,15). The van der Waals surface area contributed by atoms with Crippen LogP contribution in [0.4, 0.5) is 0 Å². The first kappa shape index (κ1) is 10.5. The lowest BCUT2D eigenvalue weighted by Crippen LogP contribution is -2.04. The van der Waals surface area contributed by atoms with Crippen LogP contribution in [-0.2, 0) is 0 Å². The maximum atomic E-state index is 11.9. The van der Waals surface area contributed by atoms with Crippen LogP contribution in [0.3, 0.4) is 0 Å². The Hall–Kier alpha value is -2.69. The van der Waals surface area contributed by atoms with Crippen molar-refractivity contribution in [3.63, 3.8) is 0 Å². The lowest BCUT2D eigenvalue weighted by Gasteiger charge is -2.00. The number of fused-ring (bicyclic) bond motifs is 1. The van der Waals surface area contributed by atoms with Gasteiger partial charge in [0.25, 0.3) is 0 Å². The van der Waals surface area contributed by atoms with Gasteiger partial charge in [-0.05, 0) is 12.1 Å². The van der Waals surface area contributed by atoms with Crippen molar-refractivity contribution in [1.82, 2.24) is 10.2 Å². The first-order valence-corrected chi connectivity index (χ1v) is 5.31. The van der Waals surface area contributed by atoms with Gasteiger partial charge in [-0.15, -0.1) is 0 Å². The van der Waals surface area contributed by atoms with E-state index in [9.17, 15) is 9.59 Å². The molecule has 0 radical (unpaired) electrons. The first-order valence-electron chi connectivity index (χ1n) is 5.31. The van der Waals surface area contributed by atoms with E-state index in [0.717, 1.165) is 5.39 Å². The molecule has 0 saturated carbocycles. The molecule has 0 bridgehead atoms. The number of nitrogens with one attached hydrogen (secondary N) is 1. The third-order valence-corrected chi connectivity index (χ3v) is 2.71. The van der Waals surface area contributed by atoms with E-state index in [4.69, 9.17) is 4.42 Å². The van der Waals surface area contributed by atoms with Gasteiger partial charge in [-0.3, -0.25) is 9.89 Å². The van der Waals surface area contributed by atoms with Crippen LogP contribution in [0.25, 0.3) is 22.2 Å². The second-order valence-electron chi connectivity index (χ2n) is 3.80. The van der Waals surface area contributed by atoms with Gasteiger partial charge in [0.1, 0.15) is 5.58 Å². The number of hydrogen-bond donors (Lipinski definition) is 1. The van der Waals surface area contributed by atoms with Crippen molar-refractivity contribution in [1.29, 1.82) is 0 Å². The Kier molecular flexibility index (Phi) is 2.30. The number of H-pyrrole nitrogens is 1. The molecule has 0 amide bonds. The fourth-order valence-corrected chi connectivity index (χ4v) is 1.84. The molecule has 0 aliphatic rings.